The molecule has 0 bridgehead atoms. The van der Waals surface area contributed by atoms with Gasteiger partial charge in [0.15, 0.2) is 0 Å². The SMILES string of the molecule is OC(CC1CCC1)c1ccc(Oc2ccccc2)cc1. The largest absolute Gasteiger partial charge is 0.457 e. The fraction of sp³-hybridized carbons (Fsp3) is 0.333. The van der Waals surface area contributed by atoms with Crippen molar-refractivity contribution in [1.29, 1.82) is 0 Å². The molecule has 1 unspecified atom stereocenters. The van der Waals surface area contributed by atoms with Crippen molar-refractivity contribution in [2.24, 2.45) is 5.92 Å². The molecule has 0 heterocycles. The summed E-state index contributed by atoms with van der Waals surface area (Å²) in [5.74, 6) is 2.34. The van der Waals surface area contributed by atoms with Crippen LogP contribution >= 0.6 is 0 Å². The summed E-state index contributed by atoms with van der Waals surface area (Å²) in [6.07, 6.45) is 4.41. The van der Waals surface area contributed by atoms with Crippen molar-refractivity contribution in [3.8, 4) is 11.5 Å². The zero-order valence-corrected chi connectivity index (χ0v) is 11.5. The Balaban J connectivity index is 1.61. The summed E-state index contributed by atoms with van der Waals surface area (Å²) in [4.78, 5) is 0. The average Bonchev–Trinajstić information content (AvgIpc) is 2.44. The van der Waals surface area contributed by atoms with Gasteiger partial charge in [-0.25, -0.2) is 0 Å². The van der Waals surface area contributed by atoms with Crippen LogP contribution < -0.4 is 4.74 Å². The van der Waals surface area contributed by atoms with Crippen LogP contribution in [0.25, 0.3) is 0 Å². The number of aliphatic hydroxyl groups is 1. The zero-order chi connectivity index (χ0) is 13.8. The number of para-hydroxylation sites is 1. The molecule has 0 saturated heterocycles. The second-order valence-electron chi connectivity index (χ2n) is 5.53. The minimum Gasteiger partial charge on any atom is -0.457 e. The van der Waals surface area contributed by atoms with Crippen molar-refractivity contribution in [2.45, 2.75) is 31.8 Å². The van der Waals surface area contributed by atoms with E-state index in [1.54, 1.807) is 0 Å². The molecule has 2 aromatic rings. The summed E-state index contributed by atoms with van der Waals surface area (Å²) < 4.78 is 5.74. The molecule has 0 aliphatic heterocycles. The lowest BCUT2D eigenvalue weighted by atomic mass is 9.80. The van der Waals surface area contributed by atoms with Gasteiger partial charge in [0.2, 0.25) is 0 Å². The fourth-order valence-electron chi connectivity index (χ4n) is 2.56. The highest BCUT2D eigenvalue weighted by Gasteiger charge is 2.21. The van der Waals surface area contributed by atoms with Gasteiger partial charge in [0.1, 0.15) is 11.5 Å². The number of aliphatic hydroxyl groups excluding tert-OH is 1. The first-order chi connectivity index (χ1) is 9.81. The number of rotatable bonds is 5. The molecule has 20 heavy (non-hydrogen) atoms. The Kier molecular flexibility index (Phi) is 4.03. The Morgan fingerprint density at radius 1 is 0.950 bits per heavy atom. The van der Waals surface area contributed by atoms with Crippen molar-refractivity contribution in [3.05, 3.63) is 60.2 Å². The van der Waals surface area contributed by atoms with Gasteiger partial charge in [0.05, 0.1) is 6.10 Å². The molecule has 3 rings (SSSR count). The third-order valence-electron chi connectivity index (χ3n) is 4.03. The first kappa shape index (κ1) is 13.2. The lowest BCUT2D eigenvalue weighted by Crippen LogP contribution is -2.14. The topological polar surface area (TPSA) is 29.5 Å². The highest BCUT2D eigenvalue weighted by molar-refractivity contribution is 5.33. The van der Waals surface area contributed by atoms with Crippen molar-refractivity contribution >= 4 is 0 Å². The van der Waals surface area contributed by atoms with E-state index in [-0.39, 0.29) is 6.10 Å². The highest BCUT2D eigenvalue weighted by Crippen LogP contribution is 2.35. The number of hydrogen-bond acceptors (Lipinski definition) is 2. The quantitative estimate of drug-likeness (QED) is 0.851. The average molecular weight is 268 g/mol. The van der Waals surface area contributed by atoms with E-state index in [1.807, 2.05) is 54.6 Å². The van der Waals surface area contributed by atoms with Gasteiger partial charge in [-0.05, 0) is 42.2 Å². The van der Waals surface area contributed by atoms with E-state index in [2.05, 4.69) is 0 Å². The number of ether oxygens (including phenoxy) is 1. The molecule has 1 N–H and O–H groups in total. The van der Waals surface area contributed by atoms with Gasteiger partial charge >= 0.3 is 0 Å². The number of benzene rings is 2. The lowest BCUT2D eigenvalue weighted by molar-refractivity contribution is 0.118. The van der Waals surface area contributed by atoms with Crippen LogP contribution in [-0.4, -0.2) is 5.11 Å². The molecule has 0 spiro atoms. The molecule has 0 amide bonds. The van der Waals surface area contributed by atoms with Crippen LogP contribution in [0.5, 0.6) is 11.5 Å². The second kappa shape index (κ2) is 6.10. The van der Waals surface area contributed by atoms with E-state index in [0.717, 1.165) is 23.5 Å². The van der Waals surface area contributed by atoms with Crippen LogP contribution in [0.3, 0.4) is 0 Å². The highest BCUT2D eigenvalue weighted by atomic mass is 16.5. The summed E-state index contributed by atoms with van der Waals surface area (Å²) in [5.41, 5.74) is 0.984. The van der Waals surface area contributed by atoms with Gasteiger partial charge in [0.25, 0.3) is 0 Å². The monoisotopic (exact) mass is 268 g/mol. The normalized spacial score (nSPS) is 16.4. The summed E-state index contributed by atoms with van der Waals surface area (Å²) in [5, 5.41) is 10.2. The van der Waals surface area contributed by atoms with Crippen LogP contribution in [0.4, 0.5) is 0 Å². The number of hydrogen-bond donors (Lipinski definition) is 1. The van der Waals surface area contributed by atoms with Crippen molar-refractivity contribution in [2.75, 3.05) is 0 Å². The smallest absolute Gasteiger partial charge is 0.127 e. The fourth-order valence-corrected chi connectivity index (χ4v) is 2.56. The van der Waals surface area contributed by atoms with Crippen LogP contribution in [-0.2, 0) is 0 Å². The van der Waals surface area contributed by atoms with E-state index in [9.17, 15) is 5.11 Å². The van der Waals surface area contributed by atoms with Gasteiger partial charge in [0, 0.05) is 0 Å². The van der Waals surface area contributed by atoms with Crippen LogP contribution in [0.1, 0.15) is 37.4 Å². The molecule has 1 atom stereocenters. The molecule has 1 aliphatic rings. The zero-order valence-electron chi connectivity index (χ0n) is 11.5. The van der Waals surface area contributed by atoms with Gasteiger partial charge < -0.3 is 9.84 Å². The molecule has 1 fully saturated rings. The van der Waals surface area contributed by atoms with E-state index in [0.29, 0.717) is 5.92 Å². The van der Waals surface area contributed by atoms with Crippen LogP contribution in [0, 0.1) is 5.92 Å². The molecule has 104 valence electrons. The molecule has 2 heteroatoms. The summed E-state index contributed by atoms with van der Waals surface area (Å²) >= 11 is 0. The third kappa shape index (κ3) is 3.20. The molecular weight excluding hydrogens is 248 g/mol. The maximum atomic E-state index is 10.2. The minimum atomic E-state index is -0.342. The summed E-state index contributed by atoms with van der Waals surface area (Å²) in [7, 11) is 0. The Morgan fingerprint density at radius 2 is 1.60 bits per heavy atom. The maximum Gasteiger partial charge on any atom is 0.127 e. The molecule has 1 saturated carbocycles. The molecule has 0 radical (unpaired) electrons. The van der Waals surface area contributed by atoms with Crippen molar-refractivity contribution < 1.29 is 9.84 Å². The van der Waals surface area contributed by atoms with Crippen molar-refractivity contribution in [3.63, 3.8) is 0 Å². The first-order valence-corrected chi connectivity index (χ1v) is 7.32. The molecule has 1 aliphatic carbocycles. The van der Waals surface area contributed by atoms with Crippen molar-refractivity contribution in [1.82, 2.24) is 0 Å². The maximum absolute atomic E-state index is 10.2. The van der Waals surface area contributed by atoms with Gasteiger partial charge in [-0.15, -0.1) is 0 Å². The molecular formula is C18H20O2. The molecule has 0 aromatic heterocycles. The first-order valence-electron chi connectivity index (χ1n) is 7.32. The van der Waals surface area contributed by atoms with E-state index in [1.165, 1.54) is 19.3 Å². The van der Waals surface area contributed by atoms with Crippen LogP contribution in [0.15, 0.2) is 54.6 Å². The third-order valence-corrected chi connectivity index (χ3v) is 4.03. The van der Waals surface area contributed by atoms with Gasteiger partial charge in [-0.3, -0.25) is 0 Å². The lowest BCUT2D eigenvalue weighted by Gasteiger charge is -2.27. The minimum absolute atomic E-state index is 0.342. The molecule has 2 nitrogen and oxygen atoms in total. The van der Waals surface area contributed by atoms with E-state index >= 15 is 0 Å². The summed E-state index contributed by atoms with van der Waals surface area (Å²) in [6.45, 7) is 0. The Bertz CT molecular complexity index is 529. The Labute approximate surface area is 120 Å². The molecule has 2 aromatic carbocycles. The van der Waals surface area contributed by atoms with E-state index in [4.69, 9.17) is 4.74 Å². The predicted octanol–water partition coefficient (Wildman–Crippen LogP) is 4.70. The van der Waals surface area contributed by atoms with Crippen LogP contribution in [0.2, 0.25) is 0 Å². The van der Waals surface area contributed by atoms with E-state index < -0.39 is 0 Å². The standard InChI is InChI=1S/C18H20O2/c19-18(13-14-5-4-6-14)15-9-11-17(12-10-15)20-16-7-2-1-3-8-16/h1-3,7-12,14,18-19H,4-6,13H2. The summed E-state index contributed by atoms with van der Waals surface area (Å²) in [6, 6.07) is 17.5. The Hall–Kier alpha value is -1.80. The predicted molar refractivity (Wildman–Crippen MR) is 79.9 cm³/mol. The van der Waals surface area contributed by atoms with Gasteiger partial charge in [-0.2, -0.15) is 0 Å². The Morgan fingerprint density at radius 3 is 2.20 bits per heavy atom. The second-order valence-corrected chi connectivity index (χ2v) is 5.53. The van der Waals surface area contributed by atoms with Gasteiger partial charge in [-0.1, -0.05) is 49.6 Å².